The van der Waals surface area contributed by atoms with Gasteiger partial charge in [-0.3, -0.25) is 4.90 Å². The Balaban J connectivity index is 1.44. The minimum Gasteiger partial charge on any atom is -0.338 e. The molecule has 21 heavy (non-hydrogen) atoms. The monoisotopic (exact) mass is 283 g/mol. The molecule has 0 aliphatic heterocycles. The van der Waals surface area contributed by atoms with Crippen LogP contribution in [0.5, 0.6) is 0 Å². The molecule has 2 aliphatic carbocycles. The van der Waals surface area contributed by atoms with Crippen molar-refractivity contribution in [2.24, 2.45) is 0 Å². The zero-order valence-electron chi connectivity index (χ0n) is 12.5. The fraction of sp³-hybridized carbons (Fsp3) is 0.529. The molecule has 0 unspecified atom stereocenters. The lowest BCUT2D eigenvalue weighted by Crippen LogP contribution is -2.25. The van der Waals surface area contributed by atoms with Gasteiger partial charge >= 0.3 is 0 Å². The normalized spacial score (nSPS) is 18.4. The Morgan fingerprint density at radius 2 is 1.86 bits per heavy atom. The van der Waals surface area contributed by atoms with Crippen molar-refractivity contribution in [3.8, 4) is 0 Å². The first kappa shape index (κ1) is 13.0. The molecule has 0 spiro atoms. The maximum Gasteiger partial charge on any atom is 0.240 e. The average molecular weight is 283 g/mol. The van der Waals surface area contributed by atoms with Gasteiger partial charge in [0.25, 0.3) is 0 Å². The van der Waals surface area contributed by atoms with Crippen LogP contribution in [-0.2, 0) is 13.1 Å². The van der Waals surface area contributed by atoms with Gasteiger partial charge in [-0.2, -0.15) is 4.98 Å². The summed E-state index contributed by atoms with van der Waals surface area (Å²) in [6.07, 6.45) is 5.01. The maximum absolute atomic E-state index is 5.43. The highest BCUT2D eigenvalue weighted by molar-refractivity contribution is 5.21. The number of hydrogen-bond acceptors (Lipinski definition) is 4. The first-order valence-electron chi connectivity index (χ1n) is 7.90. The van der Waals surface area contributed by atoms with Crippen LogP contribution in [0.3, 0.4) is 0 Å². The van der Waals surface area contributed by atoms with E-state index in [0.717, 1.165) is 24.8 Å². The lowest BCUT2D eigenvalue weighted by molar-refractivity contribution is 0.209. The molecule has 0 bridgehead atoms. The summed E-state index contributed by atoms with van der Waals surface area (Å²) >= 11 is 0. The number of benzene rings is 1. The number of nitrogens with zero attached hydrogens (tertiary/aromatic N) is 3. The van der Waals surface area contributed by atoms with Crippen molar-refractivity contribution in [2.45, 2.75) is 57.7 Å². The molecule has 2 aliphatic rings. The second kappa shape index (κ2) is 5.26. The molecule has 1 aromatic heterocycles. The number of hydrogen-bond donors (Lipinski definition) is 0. The Morgan fingerprint density at radius 3 is 2.52 bits per heavy atom. The van der Waals surface area contributed by atoms with Crippen molar-refractivity contribution < 1.29 is 4.52 Å². The summed E-state index contributed by atoms with van der Waals surface area (Å²) in [6.45, 7) is 3.87. The molecule has 4 heteroatoms. The number of rotatable bonds is 6. The van der Waals surface area contributed by atoms with E-state index in [1.54, 1.807) is 0 Å². The molecule has 4 rings (SSSR count). The molecule has 1 aromatic carbocycles. The van der Waals surface area contributed by atoms with Crippen LogP contribution in [0.1, 0.15) is 54.4 Å². The van der Waals surface area contributed by atoms with Gasteiger partial charge in [-0.25, -0.2) is 0 Å². The second-order valence-electron chi connectivity index (χ2n) is 6.44. The van der Waals surface area contributed by atoms with E-state index < -0.39 is 0 Å². The highest BCUT2D eigenvalue weighted by atomic mass is 16.5. The van der Waals surface area contributed by atoms with E-state index in [1.165, 1.54) is 36.8 Å². The quantitative estimate of drug-likeness (QED) is 0.814. The van der Waals surface area contributed by atoms with Crippen LogP contribution in [0, 0.1) is 6.92 Å². The molecular weight excluding hydrogens is 262 g/mol. The van der Waals surface area contributed by atoms with Gasteiger partial charge in [0.1, 0.15) is 0 Å². The van der Waals surface area contributed by atoms with E-state index >= 15 is 0 Å². The number of aryl methyl sites for hydroxylation is 1. The summed E-state index contributed by atoms with van der Waals surface area (Å²) in [5, 5.41) is 4.12. The summed E-state index contributed by atoms with van der Waals surface area (Å²) in [5.74, 6) is 2.25. The van der Waals surface area contributed by atoms with Crippen molar-refractivity contribution in [1.82, 2.24) is 15.0 Å². The molecule has 2 fully saturated rings. The zero-order valence-corrected chi connectivity index (χ0v) is 12.5. The predicted molar refractivity (Wildman–Crippen MR) is 79.7 cm³/mol. The molecule has 0 atom stereocenters. The molecular formula is C17H21N3O. The van der Waals surface area contributed by atoms with Gasteiger partial charge in [0.05, 0.1) is 6.54 Å². The predicted octanol–water partition coefficient (Wildman–Crippen LogP) is 3.42. The van der Waals surface area contributed by atoms with E-state index in [-0.39, 0.29) is 0 Å². The lowest BCUT2D eigenvalue weighted by atomic mass is 10.1. The SMILES string of the molecule is Cc1ccc(CN(Cc2nc(C3CC3)no2)C2CC2)cc1. The van der Waals surface area contributed by atoms with E-state index in [2.05, 4.69) is 46.2 Å². The van der Waals surface area contributed by atoms with Crippen LogP contribution in [-0.4, -0.2) is 21.1 Å². The zero-order chi connectivity index (χ0) is 14.2. The first-order valence-corrected chi connectivity index (χ1v) is 7.90. The van der Waals surface area contributed by atoms with Gasteiger partial charge in [-0.15, -0.1) is 0 Å². The lowest BCUT2D eigenvalue weighted by Gasteiger charge is -2.20. The average Bonchev–Trinajstić information content (AvgIpc) is 3.40. The topological polar surface area (TPSA) is 42.2 Å². The van der Waals surface area contributed by atoms with Crippen molar-refractivity contribution in [3.63, 3.8) is 0 Å². The van der Waals surface area contributed by atoms with E-state index in [9.17, 15) is 0 Å². The smallest absolute Gasteiger partial charge is 0.240 e. The van der Waals surface area contributed by atoms with Crippen molar-refractivity contribution in [1.29, 1.82) is 0 Å². The highest BCUT2D eigenvalue weighted by Gasteiger charge is 2.32. The van der Waals surface area contributed by atoms with Gasteiger partial charge < -0.3 is 4.52 Å². The second-order valence-corrected chi connectivity index (χ2v) is 6.44. The fourth-order valence-electron chi connectivity index (χ4n) is 2.70. The van der Waals surface area contributed by atoms with Gasteiger partial charge in [-0.1, -0.05) is 35.0 Å². The summed E-state index contributed by atoms with van der Waals surface area (Å²) < 4.78 is 5.43. The summed E-state index contributed by atoms with van der Waals surface area (Å²) in [6, 6.07) is 9.47. The highest BCUT2D eigenvalue weighted by Crippen LogP contribution is 2.38. The minimum absolute atomic E-state index is 0.564. The van der Waals surface area contributed by atoms with Crippen LogP contribution in [0.4, 0.5) is 0 Å². The third-order valence-electron chi connectivity index (χ3n) is 4.33. The Morgan fingerprint density at radius 1 is 1.10 bits per heavy atom. The van der Waals surface area contributed by atoms with Gasteiger partial charge in [0.2, 0.25) is 5.89 Å². The fourth-order valence-corrected chi connectivity index (χ4v) is 2.70. The third-order valence-corrected chi connectivity index (χ3v) is 4.33. The van der Waals surface area contributed by atoms with Gasteiger partial charge in [0.15, 0.2) is 5.82 Å². The molecule has 0 saturated heterocycles. The van der Waals surface area contributed by atoms with Crippen molar-refractivity contribution in [3.05, 3.63) is 47.1 Å². The minimum atomic E-state index is 0.564. The summed E-state index contributed by atoms with van der Waals surface area (Å²) in [5.41, 5.74) is 2.66. The molecule has 0 N–H and O–H groups in total. The van der Waals surface area contributed by atoms with Crippen LogP contribution in [0.15, 0.2) is 28.8 Å². The number of aromatic nitrogens is 2. The Hall–Kier alpha value is -1.68. The Labute approximate surface area is 125 Å². The molecule has 0 radical (unpaired) electrons. The van der Waals surface area contributed by atoms with Crippen LogP contribution in [0.2, 0.25) is 0 Å². The molecule has 110 valence electrons. The van der Waals surface area contributed by atoms with Crippen molar-refractivity contribution >= 4 is 0 Å². The Kier molecular flexibility index (Phi) is 3.26. The molecule has 0 amide bonds. The van der Waals surface area contributed by atoms with Crippen molar-refractivity contribution in [2.75, 3.05) is 0 Å². The van der Waals surface area contributed by atoms with Crippen LogP contribution in [0.25, 0.3) is 0 Å². The standard InChI is InChI=1S/C17H21N3O/c1-12-2-4-13(5-3-12)10-20(15-8-9-15)11-16-18-17(19-21-16)14-6-7-14/h2-5,14-15H,6-11H2,1H3. The third kappa shape index (κ3) is 3.16. The summed E-state index contributed by atoms with van der Waals surface area (Å²) in [4.78, 5) is 7.03. The van der Waals surface area contributed by atoms with E-state index in [4.69, 9.17) is 4.52 Å². The Bertz CT molecular complexity index is 611. The van der Waals surface area contributed by atoms with E-state index in [0.29, 0.717) is 12.0 Å². The largest absolute Gasteiger partial charge is 0.338 e. The molecule has 4 nitrogen and oxygen atoms in total. The summed E-state index contributed by atoms with van der Waals surface area (Å²) in [7, 11) is 0. The first-order chi connectivity index (χ1) is 10.3. The van der Waals surface area contributed by atoms with E-state index in [1.807, 2.05) is 0 Å². The van der Waals surface area contributed by atoms with Gasteiger partial charge in [0, 0.05) is 18.5 Å². The van der Waals surface area contributed by atoms with Crippen LogP contribution >= 0.6 is 0 Å². The van der Waals surface area contributed by atoms with Crippen LogP contribution < -0.4 is 0 Å². The maximum atomic E-state index is 5.43. The molecule has 1 heterocycles. The van der Waals surface area contributed by atoms with Gasteiger partial charge in [-0.05, 0) is 38.2 Å². The molecule has 2 aromatic rings. The molecule has 2 saturated carbocycles.